The van der Waals surface area contributed by atoms with Crippen molar-refractivity contribution in [3.63, 3.8) is 0 Å². The lowest BCUT2D eigenvalue weighted by molar-refractivity contribution is -0.132. The van der Waals surface area contributed by atoms with Gasteiger partial charge in [-0.2, -0.15) is 0 Å². The number of guanidine groups is 1. The van der Waals surface area contributed by atoms with Crippen LogP contribution in [0.25, 0.3) is 0 Å². The number of nitrogens with zero attached hydrogens (tertiary/aromatic N) is 1. The Morgan fingerprint density at radius 3 is 1.48 bits per heavy atom. The summed E-state index contributed by atoms with van der Waals surface area (Å²) in [5, 5.41) is 133. The van der Waals surface area contributed by atoms with E-state index in [4.69, 9.17) is 16.6 Å². The Bertz CT molecular complexity index is 2140. The Labute approximate surface area is 481 Å². The second-order valence-electron chi connectivity index (χ2n) is 20.5. The second kappa shape index (κ2) is 47.1. The lowest BCUT2D eigenvalue weighted by Gasteiger charge is -2.25. The molecule has 18 heteroatoms. The first-order valence-corrected chi connectivity index (χ1v) is 28.1. The Morgan fingerprint density at radius 2 is 0.938 bits per heavy atom. The predicted octanol–water partition coefficient (Wildman–Crippen LogP) is 5.23. The monoisotopic (exact) mass is 1140 g/mol. The molecule has 456 valence electrons. The molecule has 0 aliphatic carbocycles. The van der Waals surface area contributed by atoms with Gasteiger partial charge in [0.05, 0.1) is 73.2 Å². The number of aliphatic imine (C=N–C) groups is 1. The van der Waals surface area contributed by atoms with Gasteiger partial charge in [-0.3, -0.25) is 9.79 Å². The standard InChI is InChI=1S/C63H99N3O15/c1-45(27-19-15-11-10-12-16-20-28-46(2)62(80)81)61(79)48(4)59(77)37-22-18-14-9-7-5-6-8-13-17-21-36-58(76)47(3)60(78)44-57(75)43-54(72)34-25-33-53(71)42-56(74)41-52(70)32-24-31-50(68)39-49(67)29-23-30-51(69)40-55(73)35-26-38-66-63(64)65/h5-10,12-14,16-25,27-29,32,34,37,45,47-59,61,67-77,79H,11,15,26,30-31,33,35-36,38-44H2,1-4H3,(H,80,81)(H4,64,65,66)/b6-5+,9-7+,12-10+,13-8+,18-14+,20-16+,21-17+,27-19+,29-23+,32-24+,34-25+,37-22+,46-28+. The molecular formula is C63H99N3O15. The first-order chi connectivity index (χ1) is 38.4. The fourth-order valence-electron chi connectivity index (χ4n) is 7.81. The molecule has 0 aromatic heterocycles. The van der Waals surface area contributed by atoms with Gasteiger partial charge in [-0.25, -0.2) is 4.79 Å². The lowest BCUT2D eigenvalue weighted by Crippen LogP contribution is -2.32. The molecule has 0 spiro atoms. The third-order valence-electron chi connectivity index (χ3n) is 12.9. The number of Topliss-reactive ketones (excluding diaryl/α,β-unsaturated/α-hetero) is 1. The summed E-state index contributed by atoms with van der Waals surface area (Å²) in [6, 6.07) is 0. The molecule has 0 aromatic rings. The number of carboxylic acids is 1. The van der Waals surface area contributed by atoms with Crippen LogP contribution in [0.5, 0.6) is 0 Å². The highest BCUT2D eigenvalue weighted by Crippen LogP contribution is 2.20. The molecule has 0 heterocycles. The molecule has 18 nitrogen and oxygen atoms in total. The Hall–Kier alpha value is -5.45. The number of rotatable bonds is 45. The molecule has 17 N–H and O–H groups in total. The molecule has 15 unspecified atom stereocenters. The average Bonchev–Trinajstić information content (AvgIpc) is 3.39. The van der Waals surface area contributed by atoms with E-state index in [1.54, 1.807) is 80.7 Å². The van der Waals surface area contributed by atoms with Gasteiger partial charge in [0.1, 0.15) is 5.78 Å². The van der Waals surface area contributed by atoms with Crippen molar-refractivity contribution in [2.24, 2.45) is 34.2 Å². The molecule has 81 heavy (non-hydrogen) atoms. The van der Waals surface area contributed by atoms with Crippen molar-refractivity contribution < 1.29 is 76.0 Å². The van der Waals surface area contributed by atoms with Crippen LogP contribution in [-0.2, 0) is 9.59 Å². The molecule has 0 rings (SSSR count). The van der Waals surface area contributed by atoms with Gasteiger partial charge in [-0.15, -0.1) is 0 Å². The van der Waals surface area contributed by atoms with Crippen molar-refractivity contribution in [3.05, 3.63) is 157 Å². The quantitative estimate of drug-likeness (QED) is 0.00926. The number of nitrogens with two attached hydrogens (primary N) is 2. The highest BCUT2D eigenvalue weighted by molar-refractivity contribution is 5.86. The number of carbonyl (C=O) groups excluding carboxylic acids is 1. The predicted molar refractivity (Wildman–Crippen MR) is 321 cm³/mol. The Balaban J connectivity index is 4.48. The van der Waals surface area contributed by atoms with Gasteiger partial charge in [0, 0.05) is 55.6 Å². The van der Waals surface area contributed by atoms with E-state index in [0.717, 1.165) is 12.8 Å². The SMILES string of the molecule is C\C(=C/C=C/C=C/CC/C=C/C(C)C(O)C(C)C(O)/C=C/C=C/C=C/C=C/C=C/C=C/CC(O)C(C)C(=O)CC(O)CC(O)/C=C/CC(O)CC(O)CC(O)/C=C/CC(O)CC(O)/C=C/CC(O)CC(O)CCCN=C(N)N)C(=O)O. The minimum absolute atomic E-state index is 0.00371. The summed E-state index contributed by atoms with van der Waals surface area (Å²) < 4.78 is 0. The number of allylic oxidation sites excluding steroid dienone is 16. The van der Waals surface area contributed by atoms with Crippen LogP contribution in [0.3, 0.4) is 0 Å². The largest absolute Gasteiger partial charge is 0.478 e. The van der Waals surface area contributed by atoms with Crippen molar-refractivity contribution in [1.29, 1.82) is 0 Å². The number of carbonyl (C=O) groups is 2. The molecule has 0 fully saturated rings. The summed E-state index contributed by atoms with van der Waals surface area (Å²) in [4.78, 5) is 27.4. The fourth-order valence-corrected chi connectivity index (χ4v) is 7.81. The minimum Gasteiger partial charge on any atom is -0.478 e. The van der Waals surface area contributed by atoms with Crippen LogP contribution in [-0.4, -0.2) is 164 Å². The molecule has 0 aliphatic heterocycles. The van der Waals surface area contributed by atoms with E-state index in [1.165, 1.54) is 43.4 Å². The van der Waals surface area contributed by atoms with Crippen LogP contribution in [0.15, 0.2) is 162 Å². The topological polar surface area (TPSA) is 362 Å². The highest BCUT2D eigenvalue weighted by Gasteiger charge is 2.25. The van der Waals surface area contributed by atoms with Gasteiger partial charge in [-0.05, 0) is 71.1 Å². The smallest absolute Gasteiger partial charge is 0.331 e. The normalized spacial score (nSPS) is 19.1. The first kappa shape index (κ1) is 75.5. The van der Waals surface area contributed by atoms with Crippen molar-refractivity contribution >= 4 is 17.7 Å². The maximum Gasteiger partial charge on any atom is 0.331 e. The third-order valence-corrected chi connectivity index (χ3v) is 12.9. The highest BCUT2D eigenvalue weighted by atomic mass is 16.4. The second-order valence-corrected chi connectivity index (χ2v) is 20.5. The summed E-state index contributed by atoms with van der Waals surface area (Å²) in [5.41, 5.74) is 10.8. The molecular weight excluding hydrogens is 1040 g/mol. The van der Waals surface area contributed by atoms with Crippen molar-refractivity contribution in [2.45, 2.75) is 191 Å². The van der Waals surface area contributed by atoms with E-state index in [0.29, 0.717) is 19.4 Å². The van der Waals surface area contributed by atoms with Gasteiger partial charge in [0.2, 0.25) is 0 Å². The Morgan fingerprint density at radius 1 is 0.481 bits per heavy atom. The minimum atomic E-state index is -1.17. The van der Waals surface area contributed by atoms with Gasteiger partial charge in [0.25, 0.3) is 0 Å². The maximum atomic E-state index is 12.8. The first-order valence-electron chi connectivity index (χ1n) is 28.1. The van der Waals surface area contributed by atoms with Crippen LogP contribution in [0, 0.1) is 17.8 Å². The molecule has 0 saturated heterocycles. The van der Waals surface area contributed by atoms with E-state index in [-0.39, 0.29) is 93.4 Å². The molecule has 0 saturated carbocycles. The number of hydrogen-bond acceptors (Lipinski definition) is 15. The van der Waals surface area contributed by atoms with Gasteiger partial charge in [0.15, 0.2) is 5.96 Å². The fraction of sp³-hybridized carbons (Fsp3) is 0.540. The van der Waals surface area contributed by atoms with Crippen LogP contribution < -0.4 is 11.5 Å². The number of ketones is 1. The molecule has 0 aromatic carbocycles. The molecule has 0 radical (unpaired) electrons. The van der Waals surface area contributed by atoms with E-state index in [1.807, 2.05) is 55.5 Å². The van der Waals surface area contributed by atoms with Gasteiger partial charge < -0.3 is 77.9 Å². The average molecular weight is 1140 g/mol. The number of aliphatic hydroxyl groups excluding tert-OH is 12. The van der Waals surface area contributed by atoms with Gasteiger partial charge in [-0.1, -0.05) is 173 Å². The number of carboxylic acid groups (broad SMARTS) is 1. The summed E-state index contributed by atoms with van der Waals surface area (Å²) in [7, 11) is 0. The molecule has 15 atom stereocenters. The summed E-state index contributed by atoms with van der Waals surface area (Å²) in [6.07, 6.45) is 34.1. The third kappa shape index (κ3) is 43.0. The lowest BCUT2D eigenvalue weighted by atomic mass is 9.88. The zero-order chi connectivity index (χ0) is 61.0. The van der Waals surface area contributed by atoms with E-state index < -0.39 is 85.1 Å². The van der Waals surface area contributed by atoms with Crippen molar-refractivity contribution in [3.8, 4) is 0 Å². The van der Waals surface area contributed by atoms with Crippen LogP contribution >= 0.6 is 0 Å². The van der Waals surface area contributed by atoms with Crippen LogP contribution in [0.1, 0.15) is 118 Å². The van der Waals surface area contributed by atoms with E-state index >= 15 is 0 Å². The van der Waals surface area contributed by atoms with Crippen molar-refractivity contribution in [1.82, 2.24) is 0 Å². The molecule has 0 amide bonds. The zero-order valence-electron chi connectivity index (χ0n) is 47.9. The van der Waals surface area contributed by atoms with E-state index in [9.17, 15) is 70.9 Å². The summed E-state index contributed by atoms with van der Waals surface area (Å²) >= 11 is 0. The Kier molecular flexibility index (Phi) is 43.9. The maximum absolute atomic E-state index is 12.8. The van der Waals surface area contributed by atoms with E-state index in [2.05, 4.69) is 4.99 Å². The van der Waals surface area contributed by atoms with Crippen LogP contribution in [0.4, 0.5) is 0 Å². The number of unbranched alkanes of at least 4 members (excludes halogenated alkanes) is 1. The zero-order valence-corrected chi connectivity index (χ0v) is 47.9. The van der Waals surface area contributed by atoms with Crippen LogP contribution in [0.2, 0.25) is 0 Å². The summed E-state index contributed by atoms with van der Waals surface area (Å²) in [6.45, 7) is 7.19. The van der Waals surface area contributed by atoms with Gasteiger partial charge >= 0.3 is 5.97 Å². The summed E-state index contributed by atoms with van der Waals surface area (Å²) in [5.74, 6) is -2.64. The van der Waals surface area contributed by atoms with Crippen molar-refractivity contribution in [2.75, 3.05) is 6.54 Å². The number of aliphatic hydroxyl groups is 12. The molecule has 0 bridgehead atoms. The number of aliphatic carboxylic acids is 1. The number of hydrogen-bond donors (Lipinski definition) is 15. The molecule has 0 aliphatic rings.